The van der Waals surface area contributed by atoms with Gasteiger partial charge in [-0.3, -0.25) is 4.79 Å². The molecule has 1 amide bonds. The molecule has 0 aliphatic rings. The Labute approximate surface area is 121 Å². The van der Waals surface area contributed by atoms with Crippen LogP contribution in [-0.2, 0) is 11.4 Å². The summed E-state index contributed by atoms with van der Waals surface area (Å²) < 4.78 is 5.59. The number of aliphatic hydroxyl groups excluding tert-OH is 1. The molecule has 0 fully saturated rings. The van der Waals surface area contributed by atoms with E-state index in [4.69, 9.17) is 9.84 Å². The molecule has 20 heavy (non-hydrogen) atoms. The van der Waals surface area contributed by atoms with Crippen LogP contribution in [0, 0.1) is 19.8 Å². The smallest absolute Gasteiger partial charge is 0.257 e. The van der Waals surface area contributed by atoms with Crippen LogP contribution in [0.2, 0.25) is 0 Å². The summed E-state index contributed by atoms with van der Waals surface area (Å²) in [6, 6.07) is 3.75. The second-order valence-corrected chi connectivity index (χ2v) is 5.54. The number of carbonyl (C=O) groups is 1. The first-order chi connectivity index (χ1) is 9.43. The molecule has 0 aromatic heterocycles. The Morgan fingerprint density at radius 1 is 1.30 bits per heavy atom. The number of hydrogen-bond donors (Lipinski definition) is 2. The highest BCUT2D eigenvalue weighted by molar-refractivity contribution is 5.77. The number of rotatable bonds is 7. The number of aryl methyl sites for hydroxylation is 2. The van der Waals surface area contributed by atoms with Gasteiger partial charge in [-0.2, -0.15) is 0 Å². The van der Waals surface area contributed by atoms with Gasteiger partial charge in [0.2, 0.25) is 0 Å². The molecule has 4 nitrogen and oxygen atoms in total. The minimum atomic E-state index is -0.101. The van der Waals surface area contributed by atoms with Crippen molar-refractivity contribution in [2.45, 2.75) is 40.7 Å². The molecule has 112 valence electrons. The largest absolute Gasteiger partial charge is 0.483 e. The lowest BCUT2D eigenvalue weighted by molar-refractivity contribution is -0.123. The number of benzene rings is 1. The number of amides is 1. The summed E-state index contributed by atoms with van der Waals surface area (Å²) in [6.45, 7) is 8.80. The molecule has 1 rings (SSSR count). The highest BCUT2D eigenvalue weighted by atomic mass is 16.5. The van der Waals surface area contributed by atoms with Crippen molar-refractivity contribution in [2.75, 3.05) is 13.2 Å². The second kappa shape index (κ2) is 7.90. The molecule has 1 aromatic carbocycles. The topological polar surface area (TPSA) is 58.6 Å². The minimum Gasteiger partial charge on any atom is -0.483 e. The van der Waals surface area contributed by atoms with Crippen LogP contribution in [-0.4, -0.2) is 24.2 Å². The Morgan fingerprint density at radius 3 is 2.40 bits per heavy atom. The molecular formula is C16H25NO3. The van der Waals surface area contributed by atoms with Gasteiger partial charge in [-0.05, 0) is 42.9 Å². The predicted molar refractivity (Wildman–Crippen MR) is 79.8 cm³/mol. The van der Waals surface area contributed by atoms with Gasteiger partial charge in [0, 0.05) is 6.54 Å². The van der Waals surface area contributed by atoms with Crippen LogP contribution < -0.4 is 10.1 Å². The quantitative estimate of drug-likeness (QED) is 0.805. The summed E-state index contributed by atoms with van der Waals surface area (Å²) in [6.07, 6.45) is 0.967. The zero-order valence-electron chi connectivity index (χ0n) is 12.8. The Kier molecular flexibility index (Phi) is 6.52. The molecule has 1 aromatic rings. The molecule has 4 heteroatoms. The van der Waals surface area contributed by atoms with Gasteiger partial charge in [-0.25, -0.2) is 0 Å². The Balaban J connectivity index is 2.51. The van der Waals surface area contributed by atoms with Crippen LogP contribution in [0.25, 0.3) is 0 Å². The molecule has 0 aliphatic heterocycles. The monoisotopic (exact) mass is 279 g/mol. The van der Waals surface area contributed by atoms with Crippen molar-refractivity contribution < 1.29 is 14.6 Å². The lowest BCUT2D eigenvalue weighted by Crippen LogP contribution is -2.30. The summed E-state index contributed by atoms with van der Waals surface area (Å²) in [5.41, 5.74) is 2.72. The summed E-state index contributed by atoms with van der Waals surface area (Å²) in [5.74, 6) is 1.20. The molecule has 0 heterocycles. The fraction of sp³-hybridized carbons (Fsp3) is 0.562. The van der Waals surface area contributed by atoms with Crippen LogP contribution in [0.3, 0.4) is 0 Å². The molecule has 0 bridgehead atoms. The minimum absolute atomic E-state index is 0.0116. The first-order valence-electron chi connectivity index (χ1n) is 7.04. The van der Waals surface area contributed by atoms with Crippen molar-refractivity contribution in [2.24, 2.45) is 5.92 Å². The summed E-state index contributed by atoms with van der Waals surface area (Å²) in [7, 11) is 0. The second-order valence-electron chi connectivity index (χ2n) is 5.54. The van der Waals surface area contributed by atoms with Gasteiger partial charge in [0.15, 0.2) is 6.61 Å². The zero-order chi connectivity index (χ0) is 15.1. The van der Waals surface area contributed by atoms with Gasteiger partial charge in [0.25, 0.3) is 5.91 Å². The third kappa shape index (κ3) is 5.21. The summed E-state index contributed by atoms with van der Waals surface area (Å²) in [4.78, 5) is 11.7. The van der Waals surface area contributed by atoms with E-state index in [-0.39, 0.29) is 19.1 Å². The van der Waals surface area contributed by atoms with E-state index in [2.05, 4.69) is 19.2 Å². The van der Waals surface area contributed by atoms with E-state index in [1.165, 1.54) is 0 Å². The predicted octanol–water partition coefficient (Wildman–Crippen LogP) is 2.34. The van der Waals surface area contributed by atoms with Crippen molar-refractivity contribution in [1.29, 1.82) is 0 Å². The molecule has 0 unspecified atom stereocenters. The van der Waals surface area contributed by atoms with Crippen LogP contribution >= 0.6 is 0 Å². The van der Waals surface area contributed by atoms with Crippen LogP contribution in [0.1, 0.15) is 37.0 Å². The highest BCUT2D eigenvalue weighted by Crippen LogP contribution is 2.24. The first-order valence-corrected chi connectivity index (χ1v) is 7.04. The molecule has 2 N–H and O–H groups in total. The molecule has 0 aliphatic carbocycles. The summed E-state index contributed by atoms with van der Waals surface area (Å²) >= 11 is 0. The van der Waals surface area contributed by atoms with Crippen LogP contribution in [0.15, 0.2) is 12.1 Å². The number of aliphatic hydroxyl groups is 1. The number of carbonyl (C=O) groups excluding carboxylic acids is 1. The maximum Gasteiger partial charge on any atom is 0.257 e. The maximum absolute atomic E-state index is 11.7. The average Bonchev–Trinajstić information content (AvgIpc) is 2.36. The van der Waals surface area contributed by atoms with Gasteiger partial charge in [0.05, 0.1) is 6.61 Å². The first kappa shape index (κ1) is 16.5. The fourth-order valence-corrected chi connectivity index (χ4v) is 2.05. The van der Waals surface area contributed by atoms with Crippen LogP contribution in [0.4, 0.5) is 0 Å². The van der Waals surface area contributed by atoms with Crippen LogP contribution in [0.5, 0.6) is 5.75 Å². The maximum atomic E-state index is 11.7. The normalized spacial score (nSPS) is 10.7. The van der Waals surface area contributed by atoms with Crippen molar-refractivity contribution >= 4 is 5.91 Å². The van der Waals surface area contributed by atoms with Gasteiger partial charge >= 0.3 is 0 Å². The van der Waals surface area contributed by atoms with E-state index in [9.17, 15) is 4.79 Å². The van der Waals surface area contributed by atoms with Crippen molar-refractivity contribution in [1.82, 2.24) is 5.32 Å². The van der Waals surface area contributed by atoms with Crippen molar-refractivity contribution in [3.8, 4) is 5.75 Å². The lowest BCUT2D eigenvalue weighted by atomic mass is 10.1. The Hall–Kier alpha value is -1.55. The van der Waals surface area contributed by atoms with E-state index in [1.54, 1.807) is 0 Å². The standard InChI is InChI=1S/C16H25NO3/c1-11(2)5-6-17-15(19)10-20-16-12(3)7-14(9-18)8-13(16)4/h7-8,11,18H,5-6,9-10H2,1-4H3,(H,17,19). The van der Waals surface area contributed by atoms with Crippen molar-refractivity contribution in [3.05, 3.63) is 28.8 Å². The number of ether oxygens (including phenoxy) is 1. The molecule has 0 saturated carbocycles. The van der Waals surface area contributed by atoms with Gasteiger partial charge in [0.1, 0.15) is 5.75 Å². The molecule has 0 saturated heterocycles. The van der Waals surface area contributed by atoms with E-state index in [0.29, 0.717) is 12.5 Å². The third-order valence-electron chi connectivity index (χ3n) is 3.09. The van der Waals surface area contributed by atoms with Gasteiger partial charge in [-0.15, -0.1) is 0 Å². The zero-order valence-corrected chi connectivity index (χ0v) is 12.8. The SMILES string of the molecule is Cc1cc(CO)cc(C)c1OCC(=O)NCCC(C)C. The fourth-order valence-electron chi connectivity index (χ4n) is 2.05. The third-order valence-corrected chi connectivity index (χ3v) is 3.09. The van der Waals surface area contributed by atoms with E-state index in [1.807, 2.05) is 26.0 Å². The Bertz CT molecular complexity index is 432. The van der Waals surface area contributed by atoms with Crippen molar-refractivity contribution in [3.63, 3.8) is 0 Å². The number of hydrogen-bond acceptors (Lipinski definition) is 3. The van der Waals surface area contributed by atoms with E-state index < -0.39 is 0 Å². The molecular weight excluding hydrogens is 254 g/mol. The molecule has 0 radical (unpaired) electrons. The molecule has 0 atom stereocenters. The molecule has 0 spiro atoms. The average molecular weight is 279 g/mol. The van der Waals surface area contributed by atoms with E-state index in [0.717, 1.165) is 28.9 Å². The number of nitrogens with one attached hydrogen (secondary N) is 1. The van der Waals surface area contributed by atoms with E-state index >= 15 is 0 Å². The summed E-state index contributed by atoms with van der Waals surface area (Å²) in [5, 5.41) is 12.0. The lowest BCUT2D eigenvalue weighted by Gasteiger charge is -2.13. The van der Waals surface area contributed by atoms with Gasteiger partial charge < -0.3 is 15.2 Å². The Morgan fingerprint density at radius 2 is 1.90 bits per heavy atom. The highest BCUT2D eigenvalue weighted by Gasteiger charge is 2.09. The van der Waals surface area contributed by atoms with Gasteiger partial charge in [-0.1, -0.05) is 26.0 Å².